The Balaban J connectivity index is 1.95. The lowest BCUT2D eigenvalue weighted by atomic mass is 9.74. The lowest BCUT2D eigenvalue weighted by Gasteiger charge is -2.38. The number of para-hydroxylation sites is 1. The molecule has 21 heavy (non-hydrogen) atoms. The fourth-order valence-electron chi connectivity index (χ4n) is 3.88. The second kappa shape index (κ2) is 5.58. The average Bonchev–Trinajstić information content (AvgIpc) is 2.65. The molecule has 0 radical (unpaired) electrons. The van der Waals surface area contributed by atoms with Gasteiger partial charge in [-0.2, -0.15) is 0 Å². The van der Waals surface area contributed by atoms with E-state index in [1.807, 2.05) is 12.1 Å². The van der Waals surface area contributed by atoms with Crippen LogP contribution in [-0.2, 0) is 4.74 Å². The van der Waals surface area contributed by atoms with E-state index in [9.17, 15) is 4.79 Å². The van der Waals surface area contributed by atoms with Crippen LogP contribution in [0.3, 0.4) is 0 Å². The molecule has 3 rings (SSSR count). The van der Waals surface area contributed by atoms with Crippen LogP contribution in [0.15, 0.2) is 18.2 Å². The third-order valence-electron chi connectivity index (χ3n) is 4.99. The van der Waals surface area contributed by atoms with E-state index in [4.69, 9.17) is 4.74 Å². The lowest BCUT2D eigenvalue weighted by Crippen LogP contribution is -2.40. The number of anilines is 2. The molecule has 4 heteroatoms. The number of ether oxygens (including phenoxy) is 1. The highest BCUT2D eigenvalue weighted by Gasteiger charge is 2.36. The normalized spacial score (nSPS) is 20.4. The SMILES string of the molecule is COC(=O)c1cccc2c1NCC1(CCCCC1)CN2C. The van der Waals surface area contributed by atoms with Crippen LogP contribution in [0, 0.1) is 5.41 Å². The molecule has 0 saturated heterocycles. The summed E-state index contributed by atoms with van der Waals surface area (Å²) in [7, 11) is 3.56. The third kappa shape index (κ3) is 2.59. The maximum Gasteiger partial charge on any atom is 0.340 e. The second-order valence-corrected chi connectivity index (χ2v) is 6.46. The average molecular weight is 288 g/mol. The first-order valence-electron chi connectivity index (χ1n) is 7.82. The van der Waals surface area contributed by atoms with Crippen molar-refractivity contribution in [3.8, 4) is 0 Å². The maximum absolute atomic E-state index is 12.0. The topological polar surface area (TPSA) is 41.6 Å². The van der Waals surface area contributed by atoms with Crippen molar-refractivity contribution in [3.05, 3.63) is 23.8 Å². The molecule has 1 heterocycles. The fraction of sp³-hybridized carbons (Fsp3) is 0.588. The number of nitrogens with one attached hydrogen (secondary N) is 1. The van der Waals surface area contributed by atoms with Gasteiger partial charge in [0.25, 0.3) is 0 Å². The molecular formula is C17H24N2O2. The molecule has 1 aromatic rings. The van der Waals surface area contributed by atoms with Gasteiger partial charge in [-0.1, -0.05) is 25.3 Å². The van der Waals surface area contributed by atoms with Gasteiger partial charge in [0.15, 0.2) is 0 Å². The largest absolute Gasteiger partial charge is 0.465 e. The molecule has 1 spiro atoms. The summed E-state index contributed by atoms with van der Waals surface area (Å²) in [5.41, 5.74) is 2.99. The highest BCUT2D eigenvalue weighted by molar-refractivity contribution is 5.99. The Labute approximate surface area is 126 Å². The van der Waals surface area contributed by atoms with Crippen molar-refractivity contribution >= 4 is 17.3 Å². The summed E-state index contributed by atoms with van der Waals surface area (Å²) >= 11 is 0. The smallest absolute Gasteiger partial charge is 0.340 e. The first kappa shape index (κ1) is 14.2. The number of esters is 1. The van der Waals surface area contributed by atoms with E-state index in [2.05, 4.69) is 23.3 Å². The van der Waals surface area contributed by atoms with E-state index in [0.717, 1.165) is 24.5 Å². The summed E-state index contributed by atoms with van der Waals surface area (Å²) in [6, 6.07) is 5.85. The molecule has 1 N–H and O–H groups in total. The van der Waals surface area contributed by atoms with E-state index in [0.29, 0.717) is 11.0 Å². The van der Waals surface area contributed by atoms with Crippen molar-refractivity contribution in [2.45, 2.75) is 32.1 Å². The summed E-state index contributed by atoms with van der Waals surface area (Å²) in [5.74, 6) is -0.271. The van der Waals surface area contributed by atoms with Crippen molar-refractivity contribution in [1.29, 1.82) is 0 Å². The molecule has 0 atom stereocenters. The minimum Gasteiger partial charge on any atom is -0.465 e. The Morgan fingerprint density at radius 3 is 2.76 bits per heavy atom. The molecule has 1 aliphatic carbocycles. The van der Waals surface area contributed by atoms with Crippen LogP contribution < -0.4 is 10.2 Å². The number of rotatable bonds is 1. The molecule has 114 valence electrons. The summed E-state index contributed by atoms with van der Waals surface area (Å²) in [4.78, 5) is 14.3. The fourth-order valence-corrected chi connectivity index (χ4v) is 3.88. The number of hydrogen-bond acceptors (Lipinski definition) is 4. The summed E-state index contributed by atoms with van der Waals surface area (Å²) in [6.07, 6.45) is 6.52. The zero-order chi connectivity index (χ0) is 14.9. The zero-order valence-corrected chi connectivity index (χ0v) is 12.9. The molecule has 2 aliphatic rings. The van der Waals surface area contributed by atoms with Gasteiger partial charge in [-0.15, -0.1) is 0 Å². The van der Waals surface area contributed by atoms with Crippen molar-refractivity contribution in [3.63, 3.8) is 0 Å². The number of fused-ring (bicyclic) bond motifs is 1. The van der Waals surface area contributed by atoms with Gasteiger partial charge in [-0.25, -0.2) is 4.79 Å². The van der Waals surface area contributed by atoms with Gasteiger partial charge in [-0.3, -0.25) is 0 Å². The first-order valence-corrected chi connectivity index (χ1v) is 7.82. The highest BCUT2D eigenvalue weighted by atomic mass is 16.5. The molecule has 0 amide bonds. The van der Waals surface area contributed by atoms with Crippen molar-refractivity contribution in [2.75, 3.05) is 37.5 Å². The minimum absolute atomic E-state index is 0.271. The molecule has 0 unspecified atom stereocenters. The number of nitrogens with zero attached hydrogens (tertiary/aromatic N) is 1. The molecular weight excluding hydrogens is 264 g/mol. The highest BCUT2D eigenvalue weighted by Crippen LogP contribution is 2.42. The van der Waals surface area contributed by atoms with Gasteiger partial charge >= 0.3 is 5.97 Å². The van der Waals surface area contributed by atoms with Gasteiger partial charge < -0.3 is 15.0 Å². The van der Waals surface area contributed by atoms with Crippen LogP contribution in [0.4, 0.5) is 11.4 Å². The van der Waals surface area contributed by atoms with Crippen molar-refractivity contribution in [2.24, 2.45) is 5.41 Å². The van der Waals surface area contributed by atoms with E-state index in [-0.39, 0.29) is 5.97 Å². The molecule has 0 aromatic heterocycles. The minimum atomic E-state index is -0.271. The Bertz CT molecular complexity index is 536. The van der Waals surface area contributed by atoms with Gasteiger partial charge in [0, 0.05) is 25.6 Å². The van der Waals surface area contributed by atoms with Crippen molar-refractivity contribution in [1.82, 2.24) is 0 Å². The standard InChI is InChI=1S/C17H24N2O2/c1-19-12-17(9-4-3-5-10-17)11-18-15-13(16(20)21-2)7-6-8-14(15)19/h6-8,18H,3-5,9-12H2,1-2H3. The Hall–Kier alpha value is -1.71. The third-order valence-corrected chi connectivity index (χ3v) is 4.99. The van der Waals surface area contributed by atoms with Gasteiger partial charge in [-0.05, 0) is 25.0 Å². The molecule has 1 aromatic carbocycles. The van der Waals surface area contributed by atoms with Crippen LogP contribution >= 0.6 is 0 Å². The van der Waals surface area contributed by atoms with E-state index < -0.39 is 0 Å². The molecule has 4 nitrogen and oxygen atoms in total. The van der Waals surface area contributed by atoms with Crippen LogP contribution in [-0.4, -0.2) is 33.2 Å². The van der Waals surface area contributed by atoms with Gasteiger partial charge in [0.05, 0.1) is 24.0 Å². The Morgan fingerprint density at radius 2 is 2.05 bits per heavy atom. The molecule has 0 bridgehead atoms. The van der Waals surface area contributed by atoms with Crippen molar-refractivity contribution < 1.29 is 9.53 Å². The quantitative estimate of drug-likeness (QED) is 0.805. The van der Waals surface area contributed by atoms with E-state index in [1.54, 1.807) is 0 Å². The van der Waals surface area contributed by atoms with Crippen LogP contribution in [0.1, 0.15) is 42.5 Å². The number of hydrogen-bond donors (Lipinski definition) is 1. The van der Waals surface area contributed by atoms with E-state index in [1.165, 1.54) is 39.2 Å². The summed E-state index contributed by atoms with van der Waals surface area (Å²) < 4.78 is 4.92. The van der Waals surface area contributed by atoms with Gasteiger partial charge in [0.1, 0.15) is 0 Å². The van der Waals surface area contributed by atoms with Crippen LogP contribution in [0.5, 0.6) is 0 Å². The zero-order valence-electron chi connectivity index (χ0n) is 12.9. The van der Waals surface area contributed by atoms with E-state index >= 15 is 0 Å². The number of carbonyl (C=O) groups is 1. The maximum atomic E-state index is 12.0. The summed E-state index contributed by atoms with van der Waals surface area (Å²) in [6.45, 7) is 2.00. The van der Waals surface area contributed by atoms with Crippen LogP contribution in [0.25, 0.3) is 0 Å². The summed E-state index contributed by atoms with van der Waals surface area (Å²) in [5, 5.41) is 3.56. The predicted molar refractivity (Wildman–Crippen MR) is 85.1 cm³/mol. The lowest BCUT2D eigenvalue weighted by molar-refractivity contribution is 0.0602. The number of carbonyl (C=O) groups excluding carboxylic acids is 1. The number of benzene rings is 1. The first-order chi connectivity index (χ1) is 10.2. The molecule has 1 fully saturated rings. The second-order valence-electron chi connectivity index (χ2n) is 6.46. The van der Waals surface area contributed by atoms with Crippen LogP contribution in [0.2, 0.25) is 0 Å². The molecule has 1 aliphatic heterocycles. The predicted octanol–water partition coefficient (Wildman–Crippen LogP) is 3.29. The van der Waals surface area contributed by atoms with Gasteiger partial charge in [0.2, 0.25) is 0 Å². The Kier molecular flexibility index (Phi) is 3.79. The monoisotopic (exact) mass is 288 g/mol. The number of methoxy groups -OCH3 is 1. The Morgan fingerprint density at radius 1 is 1.29 bits per heavy atom. The molecule has 1 saturated carbocycles.